The van der Waals surface area contributed by atoms with E-state index in [0.717, 1.165) is 0 Å². The first-order valence-corrected chi connectivity index (χ1v) is 5.01. The standard InChI is InChI=1S/C13H12O4/c1-17-9-3-5-13(16)11(7-9)10-6-8(14)2-4-12(10)15/h2-7,14-16H,1H3. The molecule has 2 rings (SSSR count). The SMILES string of the molecule is COc1ccc(O)c(-c2cc(O)ccc2O)c1. The largest absolute Gasteiger partial charge is 0.508 e. The number of hydrogen-bond acceptors (Lipinski definition) is 4. The lowest BCUT2D eigenvalue weighted by atomic mass is 10.0. The lowest BCUT2D eigenvalue weighted by Crippen LogP contribution is -1.85. The summed E-state index contributed by atoms with van der Waals surface area (Å²) in [7, 11) is 1.51. The van der Waals surface area contributed by atoms with E-state index in [9.17, 15) is 15.3 Å². The molecule has 2 aromatic rings. The van der Waals surface area contributed by atoms with E-state index >= 15 is 0 Å². The zero-order valence-electron chi connectivity index (χ0n) is 9.21. The smallest absolute Gasteiger partial charge is 0.123 e. The topological polar surface area (TPSA) is 69.9 Å². The van der Waals surface area contributed by atoms with Gasteiger partial charge in [-0.3, -0.25) is 0 Å². The van der Waals surface area contributed by atoms with Crippen LogP contribution >= 0.6 is 0 Å². The molecule has 4 nitrogen and oxygen atoms in total. The van der Waals surface area contributed by atoms with Crippen LogP contribution in [0.2, 0.25) is 0 Å². The van der Waals surface area contributed by atoms with E-state index in [1.807, 2.05) is 0 Å². The molecule has 17 heavy (non-hydrogen) atoms. The van der Waals surface area contributed by atoms with Crippen molar-refractivity contribution in [3.05, 3.63) is 36.4 Å². The van der Waals surface area contributed by atoms with Crippen LogP contribution in [0.1, 0.15) is 0 Å². The highest BCUT2D eigenvalue weighted by Gasteiger charge is 2.11. The van der Waals surface area contributed by atoms with Crippen molar-refractivity contribution in [2.45, 2.75) is 0 Å². The molecule has 3 N–H and O–H groups in total. The average Bonchev–Trinajstić information content (AvgIpc) is 2.33. The second kappa shape index (κ2) is 4.25. The predicted octanol–water partition coefficient (Wildman–Crippen LogP) is 2.48. The van der Waals surface area contributed by atoms with Gasteiger partial charge in [-0.15, -0.1) is 0 Å². The Morgan fingerprint density at radius 2 is 1.41 bits per heavy atom. The van der Waals surface area contributed by atoms with Crippen molar-refractivity contribution in [1.82, 2.24) is 0 Å². The molecule has 0 aliphatic carbocycles. The van der Waals surface area contributed by atoms with Crippen molar-refractivity contribution in [3.8, 4) is 34.1 Å². The Morgan fingerprint density at radius 1 is 0.824 bits per heavy atom. The van der Waals surface area contributed by atoms with Crippen LogP contribution < -0.4 is 4.74 Å². The summed E-state index contributed by atoms with van der Waals surface area (Å²) in [5.74, 6) is 0.554. The fourth-order valence-electron chi connectivity index (χ4n) is 1.60. The first kappa shape index (κ1) is 11.1. The highest BCUT2D eigenvalue weighted by molar-refractivity contribution is 5.77. The van der Waals surface area contributed by atoms with Crippen LogP contribution in [0, 0.1) is 0 Å². The second-order valence-electron chi connectivity index (χ2n) is 3.58. The highest BCUT2D eigenvalue weighted by atomic mass is 16.5. The molecule has 0 bridgehead atoms. The van der Waals surface area contributed by atoms with Gasteiger partial charge >= 0.3 is 0 Å². The Labute approximate surface area is 98.3 Å². The summed E-state index contributed by atoms with van der Waals surface area (Å²) in [6.07, 6.45) is 0. The monoisotopic (exact) mass is 232 g/mol. The Hall–Kier alpha value is -2.36. The van der Waals surface area contributed by atoms with Crippen LogP contribution in [0.25, 0.3) is 11.1 Å². The van der Waals surface area contributed by atoms with Gasteiger partial charge in [0.25, 0.3) is 0 Å². The predicted molar refractivity (Wildman–Crippen MR) is 63.4 cm³/mol. The summed E-state index contributed by atoms with van der Waals surface area (Å²) in [4.78, 5) is 0. The maximum Gasteiger partial charge on any atom is 0.123 e. The van der Waals surface area contributed by atoms with E-state index in [-0.39, 0.29) is 17.2 Å². The van der Waals surface area contributed by atoms with E-state index in [2.05, 4.69) is 0 Å². The number of aromatic hydroxyl groups is 3. The van der Waals surface area contributed by atoms with Crippen LogP contribution in [0.5, 0.6) is 23.0 Å². The minimum Gasteiger partial charge on any atom is -0.508 e. The van der Waals surface area contributed by atoms with Gasteiger partial charge in [-0.1, -0.05) is 0 Å². The molecule has 0 spiro atoms. The summed E-state index contributed by atoms with van der Waals surface area (Å²) >= 11 is 0. The first-order chi connectivity index (χ1) is 8.11. The normalized spacial score (nSPS) is 10.2. The zero-order valence-corrected chi connectivity index (χ0v) is 9.21. The second-order valence-corrected chi connectivity index (χ2v) is 3.58. The third kappa shape index (κ3) is 2.10. The number of phenolic OH excluding ortho intramolecular Hbond substituents is 3. The van der Waals surface area contributed by atoms with Gasteiger partial charge in [0.1, 0.15) is 23.0 Å². The summed E-state index contributed by atoms with van der Waals surface area (Å²) in [6, 6.07) is 8.78. The molecule has 0 aliphatic rings. The van der Waals surface area contributed by atoms with Crippen LogP contribution in [0.3, 0.4) is 0 Å². The van der Waals surface area contributed by atoms with Gasteiger partial charge in [-0.2, -0.15) is 0 Å². The van der Waals surface area contributed by atoms with Crippen molar-refractivity contribution < 1.29 is 20.1 Å². The lowest BCUT2D eigenvalue weighted by molar-refractivity contribution is 0.412. The van der Waals surface area contributed by atoms with Gasteiger partial charge in [0.15, 0.2) is 0 Å². The number of phenols is 3. The van der Waals surface area contributed by atoms with Gasteiger partial charge in [0.05, 0.1) is 7.11 Å². The molecular weight excluding hydrogens is 220 g/mol. The lowest BCUT2D eigenvalue weighted by Gasteiger charge is -2.09. The van der Waals surface area contributed by atoms with Crippen molar-refractivity contribution in [1.29, 1.82) is 0 Å². The van der Waals surface area contributed by atoms with E-state index in [4.69, 9.17) is 4.74 Å². The molecule has 0 saturated heterocycles. The molecular formula is C13H12O4. The molecule has 0 heterocycles. The fourth-order valence-corrected chi connectivity index (χ4v) is 1.60. The molecule has 0 saturated carbocycles. The molecule has 0 amide bonds. The van der Waals surface area contributed by atoms with Crippen molar-refractivity contribution in [3.63, 3.8) is 0 Å². The minimum absolute atomic E-state index is 0.00620. The van der Waals surface area contributed by atoms with Crippen LogP contribution in [0.4, 0.5) is 0 Å². The molecule has 0 aliphatic heterocycles. The summed E-state index contributed by atoms with van der Waals surface area (Å²) in [5, 5.41) is 28.9. The molecule has 0 aromatic heterocycles. The molecule has 0 radical (unpaired) electrons. The van der Waals surface area contributed by atoms with Gasteiger partial charge in [0.2, 0.25) is 0 Å². The van der Waals surface area contributed by atoms with Crippen molar-refractivity contribution in [2.75, 3.05) is 7.11 Å². The van der Waals surface area contributed by atoms with Gasteiger partial charge < -0.3 is 20.1 Å². The molecule has 0 unspecified atom stereocenters. The maximum absolute atomic E-state index is 9.75. The number of rotatable bonds is 2. The van der Waals surface area contributed by atoms with E-state index in [0.29, 0.717) is 16.9 Å². The number of hydrogen-bond donors (Lipinski definition) is 3. The first-order valence-electron chi connectivity index (χ1n) is 5.01. The maximum atomic E-state index is 9.75. The van der Waals surface area contributed by atoms with E-state index in [1.54, 1.807) is 12.1 Å². The Bertz CT molecular complexity index is 549. The highest BCUT2D eigenvalue weighted by Crippen LogP contribution is 2.39. The number of methoxy groups -OCH3 is 1. The molecule has 88 valence electrons. The van der Waals surface area contributed by atoms with Crippen LogP contribution in [-0.4, -0.2) is 22.4 Å². The Morgan fingerprint density at radius 3 is 2.06 bits per heavy atom. The number of ether oxygens (including phenoxy) is 1. The molecule has 4 heteroatoms. The fraction of sp³-hybridized carbons (Fsp3) is 0.0769. The number of benzene rings is 2. The summed E-state index contributed by atoms with van der Waals surface area (Å²) in [5.41, 5.74) is 0.749. The quantitative estimate of drug-likeness (QED) is 0.696. The zero-order chi connectivity index (χ0) is 12.4. The Balaban J connectivity index is 2.62. The molecule has 0 atom stereocenters. The summed E-state index contributed by atoms with van der Waals surface area (Å²) < 4.78 is 5.05. The van der Waals surface area contributed by atoms with Gasteiger partial charge in [0, 0.05) is 11.1 Å². The Kier molecular flexibility index (Phi) is 2.78. The third-order valence-corrected chi connectivity index (χ3v) is 2.47. The van der Waals surface area contributed by atoms with E-state index in [1.165, 1.54) is 31.4 Å². The van der Waals surface area contributed by atoms with E-state index < -0.39 is 0 Å². The molecule has 0 fully saturated rings. The van der Waals surface area contributed by atoms with Crippen molar-refractivity contribution in [2.24, 2.45) is 0 Å². The average molecular weight is 232 g/mol. The van der Waals surface area contributed by atoms with Crippen LogP contribution in [0.15, 0.2) is 36.4 Å². The van der Waals surface area contributed by atoms with Crippen molar-refractivity contribution >= 4 is 0 Å². The molecule has 2 aromatic carbocycles. The summed E-state index contributed by atoms with van der Waals surface area (Å²) in [6.45, 7) is 0. The van der Waals surface area contributed by atoms with Gasteiger partial charge in [-0.05, 0) is 36.4 Å². The minimum atomic E-state index is -0.0219. The third-order valence-electron chi connectivity index (χ3n) is 2.47. The van der Waals surface area contributed by atoms with Gasteiger partial charge in [-0.25, -0.2) is 0 Å². The van der Waals surface area contributed by atoms with Crippen LogP contribution in [-0.2, 0) is 0 Å².